The molecule has 2 atom stereocenters. The molecule has 3 heterocycles. The van der Waals surface area contributed by atoms with Gasteiger partial charge in [-0.2, -0.15) is 0 Å². The number of rotatable bonds is 6. The molecule has 2 aromatic rings. The first-order valence-corrected chi connectivity index (χ1v) is 10.9. The average Bonchev–Trinajstić information content (AvgIpc) is 3.46. The second-order valence-electron chi connectivity index (χ2n) is 7.23. The van der Waals surface area contributed by atoms with Crippen LogP contribution in [0.2, 0.25) is 0 Å². The molecular formula is C20H25N5O4S. The lowest BCUT2D eigenvalue weighted by Crippen LogP contribution is -2.53. The number of nitrogens with one attached hydrogen (secondary N) is 2. The first-order valence-electron chi connectivity index (χ1n) is 10.1. The van der Waals surface area contributed by atoms with Gasteiger partial charge in [0, 0.05) is 26.1 Å². The van der Waals surface area contributed by atoms with Crippen LogP contribution in [0.4, 0.5) is 9.93 Å². The maximum absolute atomic E-state index is 13.0. The van der Waals surface area contributed by atoms with Gasteiger partial charge in [0.15, 0.2) is 0 Å². The molecule has 30 heavy (non-hydrogen) atoms. The highest BCUT2D eigenvalue weighted by Gasteiger charge is 2.27. The number of aromatic nitrogens is 2. The Labute approximate surface area is 178 Å². The molecule has 0 spiro atoms. The van der Waals surface area contributed by atoms with Gasteiger partial charge in [-0.15, -0.1) is 10.2 Å². The van der Waals surface area contributed by atoms with E-state index in [1.807, 2.05) is 30.3 Å². The van der Waals surface area contributed by atoms with Crippen LogP contribution >= 0.6 is 11.3 Å². The zero-order valence-electron chi connectivity index (χ0n) is 16.6. The molecule has 2 aliphatic rings. The van der Waals surface area contributed by atoms with Crippen LogP contribution in [0.1, 0.15) is 29.5 Å². The molecule has 2 saturated heterocycles. The fraction of sp³-hybridized carbons (Fsp3) is 0.500. The predicted molar refractivity (Wildman–Crippen MR) is 111 cm³/mol. The predicted octanol–water partition coefficient (Wildman–Crippen LogP) is 1.98. The summed E-state index contributed by atoms with van der Waals surface area (Å²) in [5.74, 6) is -0.324. The zero-order valence-corrected chi connectivity index (χ0v) is 17.4. The lowest BCUT2D eigenvalue weighted by molar-refractivity contribution is -0.118. The number of carbonyl (C=O) groups is 2. The molecule has 4 rings (SSSR count). The standard InChI is InChI=1S/C20H25N5O4S/c26-17(22-19-24-23-18(30-19)16-7-4-10-29-16)15(13-14-5-2-1-3-6-14)21-20(27)25-8-11-28-12-9-25/h1-3,5-6,15-16H,4,7-13H2,(H,21,27)(H,22,24,26). The highest BCUT2D eigenvalue weighted by molar-refractivity contribution is 7.15. The first kappa shape index (κ1) is 20.7. The van der Waals surface area contributed by atoms with Gasteiger partial charge in [0.1, 0.15) is 17.2 Å². The molecule has 2 fully saturated rings. The fourth-order valence-corrected chi connectivity index (χ4v) is 4.28. The fourth-order valence-electron chi connectivity index (χ4n) is 3.45. The van der Waals surface area contributed by atoms with Crippen LogP contribution in [0.3, 0.4) is 0 Å². The maximum Gasteiger partial charge on any atom is 0.318 e. The molecular weight excluding hydrogens is 406 g/mol. The summed E-state index contributed by atoms with van der Waals surface area (Å²) in [4.78, 5) is 27.3. The Morgan fingerprint density at radius 1 is 1.17 bits per heavy atom. The minimum atomic E-state index is -0.738. The molecule has 2 N–H and O–H groups in total. The smallest absolute Gasteiger partial charge is 0.318 e. The van der Waals surface area contributed by atoms with Crippen LogP contribution in [0.15, 0.2) is 30.3 Å². The number of hydrogen-bond donors (Lipinski definition) is 2. The van der Waals surface area contributed by atoms with Crippen molar-refractivity contribution in [1.82, 2.24) is 20.4 Å². The number of carbonyl (C=O) groups excluding carboxylic acids is 2. The number of nitrogens with zero attached hydrogens (tertiary/aromatic N) is 3. The zero-order chi connectivity index (χ0) is 20.8. The molecule has 0 saturated carbocycles. The van der Waals surface area contributed by atoms with Crippen LogP contribution in [0.25, 0.3) is 0 Å². The number of morpholine rings is 1. The Kier molecular flexibility index (Phi) is 6.88. The van der Waals surface area contributed by atoms with Crippen LogP contribution in [-0.4, -0.2) is 66.0 Å². The van der Waals surface area contributed by atoms with E-state index >= 15 is 0 Å². The van der Waals surface area contributed by atoms with E-state index in [9.17, 15) is 9.59 Å². The van der Waals surface area contributed by atoms with E-state index in [1.165, 1.54) is 11.3 Å². The summed E-state index contributed by atoms with van der Waals surface area (Å²) in [6, 6.07) is 8.59. The largest absolute Gasteiger partial charge is 0.378 e. The van der Waals surface area contributed by atoms with Crippen LogP contribution in [-0.2, 0) is 20.7 Å². The third-order valence-electron chi connectivity index (χ3n) is 5.07. The SMILES string of the molecule is O=C(Nc1nnc(C2CCCO2)s1)C(Cc1ccccc1)NC(=O)N1CCOCC1. The molecule has 2 unspecified atom stereocenters. The molecule has 1 aromatic carbocycles. The maximum atomic E-state index is 13.0. The number of hydrogen-bond acceptors (Lipinski definition) is 7. The van der Waals surface area contributed by atoms with Crippen molar-refractivity contribution in [1.29, 1.82) is 0 Å². The average molecular weight is 432 g/mol. The summed E-state index contributed by atoms with van der Waals surface area (Å²) < 4.78 is 10.9. The summed E-state index contributed by atoms with van der Waals surface area (Å²) in [7, 11) is 0. The first-order chi connectivity index (χ1) is 14.7. The summed E-state index contributed by atoms with van der Waals surface area (Å²) in [6.45, 7) is 2.73. The Morgan fingerprint density at radius 3 is 2.70 bits per heavy atom. The van der Waals surface area contributed by atoms with Crippen molar-refractivity contribution in [3.05, 3.63) is 40.9 Å². The number of benzene rings is 1. The van der Waals surface area contributed by atoms with Gasteiger partial charge in [0.2, 0.25) is 11.0 Å². The number of anilines is 1. The van der Waals surface area contributed by atoms with Gasteiger partial charge in [-0.1, -0.05) is 41.7 Å². The van der Waals surface area contributed by atoms with Gasteiger partial charge in [0.05, 0.1) is 13.2 Å². The monoisotopic (exact) mass is 431 g/mol. The van der Waals surface area contributed by atoms with Gasteiger partial charge < -0.3 is 19.7 Å². The third-order valence-corrected chi connectivity index (χ3v) is 6.00. The molecule has 10 heteroatoms. The van der Waals surface area contributed by atoms with Crippen molar-refractivity contribution in [2.45, 2.75) is 31.4 Å². The second-order valence-corrected chi connectivity index (χ2v) is 8.24. The van der Waals surface area contributed by atoms with Crippen molar-refractivity contribution < 1.29 is 19.1 Å². The van der Waals surface area contributed by atoms with Gasteiger partial charge >= 0.3 is 6.03 Å². The van der Waals surface area contributed by atoms with Crippen molar-refractivity contribution in [3.8, 4) is 0 Å². The highest BCUT2D eigenvalue weighted by atomic mass is 32.1. The molecule has 160 valence electrons. The summed E-state index contributed by atoms with van der Waals surface area (Å²) >= 11 is 1.31. The van der Waals surface area contributed by atoms with E-state index < -0.39 is 6.04 Å². The summed E-state index contributed by atoms with van der Waals surface area (Å²) in [5.41, 5.74) is 0.956. The molecule has 9 nitrogen and oxygen atoms in total. The molecule has 0 bridgehead atoms. The minimum absolute atomic E-state index is 0.0470. The van der Waals surface area contributed by atoms with Crippen LogP contribution < -0.4 is 10.6 Å². The Hall–Kier alpha value is -2.56. The number of amides is 3. The highest BCUT2D eigenvalue weighted by Crippen LogP contribution is 2.31. The van der Waals surface area contributed by atoms with E-state index in [1.54, 1.807) is 4.90 Å². The Balaban J connectivity index is 1.43. The topological polar surface area (TPSA) is 106 Å². The molecule has 0 aliphatic carbocycles. The van der Waals surface area contributed by atoms with E-state index in [-0.39, 0.29) is 18.0 Å². The van der Waals surface area contributed by atoms with Gasteiger partial charge in [-0.3, -0.25) is 10.1 Å². The van der Waals surface area contributed by atoms with Crippen LogP contribution in [0.5, 0.6) is 0 Å². The van der Waals surface area contributed by atoms with Gasteiger partial charge in [-0.25, -0.2) is 4.79 Å². The van der Waals surface area contributed by atoms with Crippen LogP contribution in [0, 0.1) is 0 Å². The van der Waals surface area contributed by atoms with E-state index in [4.69, 9.17) is 9.47 Å². The molecule has 2 aliphatic heterocycles. The van der Waals surface area contributed by atoms with Crippen molar-refractivity contribution in [2.75, 3.05) is 38.2 Å². The third kappa shape index (κ3) is 5.32. The van der Waals surface area contributed by atoms with E-state index in [0.717, 1.165) is 30.0 Å². The van der Waals surface area contributed by atoms with Gasteiger partial charge in [-0.05, 0) is 18.4 Å². The normalized spacial score (nSPS) is 20.0. The molecule has 1 aromatic heterocycles. The minimum Gasteiger partial charge on any atom is -0.378 e. The quantitative estimate of drug-likeness (QED) is 0.725. The molecule has 3 amide bonds. The van der Waals surface area contributed by atoms with Crippen molar-refractivity contribution in [3.63, 3.8) is 0 Å². The molecule has 0 radical (unpaired) electrons. The Bertz CT molecular complexity index is 850. The van der Waals surface area contributed by atoms with E-state index in [2.05, 4.69) is 20.8 Å². The summed E-state index contributed by atoms with van der Waals surface area (Å²) in [5, 5.41) is 15.1. The van der Waals surface area contributed by atoms with Gasteiger partial charge in [0.25, 0.3) is 0 Å². The number of ether oxygens (including phenoxy) is 2. The number of urea groups is 1. The van der Waals surface area contributed by atoms with Crippen molar-refractivity contribution >= 4 is 28.4 Å². The van der Waals surface area contributed by atoms with Crippen molar-refractivity contribution in [2.24, 2.45) is 0 Å². The van der Waals surface area contributed by atoms with E-state index in [0.29, 0.717) is 37.9 Å². The second kappa shape index (κ2) is 9.96. The lowest BCUT2D eigenvalue weighted by atomic mass is 10.1. The lowest BCUT2D eigenvalue weighted by Gasteiger charge is -2.29. The summed E-state index contributed by atoms with van der Waals surface area (Å²) in [6.07, 6.45) is 2.24. The Morgan fingerprint density at radius 2 is 1.97 bits per heavy atom.